The minimum atomic E-state index is -0.201. The van der Waals surface area contributed by atoms with Gasteiger partial charge in [-0.25, -0.2) is 4.79 Å². The molecule has 17 heavy (non-hydrogen) atoms. The molecule has 0 saturated carbocycles. The summed E-state index contributed by atoms with van der Waals surface area (Å²) in [6.45, 7) is 4.26. The lowest BCUT2D eigenvalue weighted by atomic mass is 9.82. The minimum Gasteiger partial charge on any atom is -0.440 e. The van der Waals surface area contributed by atoms with E-state index in [0.717, 1.165) is 32.4 Å². The number of amides is 1. The molecule has 0 bridgehead atoms. The van der Waals surface area contributed by atoms with Crippen LogP contribution in [0.5, 0.6) is 0 Å². The molecule has 2 aliphatic rings. The van der Waals surface area contributed by atoms with Crippen molar-refractivity contribution in [2.45, 2.75) is 50.7 Å². The fourth-order valence-electron chi connectivity index (χ4n) is 3.08. The molecule has 0 aromatic carbocycles. The number of carbonyl (C=O) groups excluding carboxylic acids is 1. The highest BCUT2D eigenvalue weighted by atomic mass is 16.6. The molecule has 0 N–H and O–H groups in total. The average Bonchev–Trinajstić information content (AvgIpc) is 2.54. The Morgan fingerprint density at radius 2 is 2.00 bits per heavy atom. The van der Waals surface area contributed by atoms with E-state index in [1.807, 2.05) is 11.9 Å². The lowest BCUT2D eigenvalue weighted by Crippen LogP contribution is -2.51. The third kappa shape index (κ3) is 2.28. The molecule has 2 saturated heterocycles. The van der Waals surface area contributed by atoms with E-state index in [-0.39, 0.29) is 17.7 Å². The van der Waals surface area contributed by atoms with E-state index in [4.69, 9.17) is 4.74 Å². The number of hydrogen-bond donors (Lipinski definition) is 0. The largest absolute Gasteiger partial charge is 0.440 e. The van der Waals surface area contributed by atoms with Crippen LogP contribution < -0.4 is 0 Å². The van der Waals surface area contributed by atoms with Gasteiger partial charge in [0.2, 0.25) is 0 Å². The molecule has 2 aliphatic heterocycles. The van der Waals surface area contributed by atoms with Crippen molar-refractivity contribution in [2.75, 3.05) is 27.2 Å². The topological polar surface area (TPSA) is 32.8 Å². The molecule has 2 fully saturated rings. The van der Waals surface area contributed by atoms with Crippen LogP contribution in [-0.4, -0.2) is 54.7 Å². The van der Waals surface area contributed by atoms with Crippen molar-refractivity contribution in [3.8, 4) is 0 Å². The van der Waals surface area contributed by atoms with E-state index in [1.54, 1.807) is 0 Å². The molecule has 0 radical (unpaired) electrons. The number of unbranched alkanes of at least 4 members (excludes halogenated alkanes) is 1. The number of piperidine rings is 1. The van der Waals surface area contributed by atoms with E-state index in [9.17, 15) is 4.79 Å². The first-order valence-electron chi connectivity index (χ1n) is 6.73. The van der Waals surface area contributed by atoms with Crippen LogP contribution in [0.4, 0.5) is 4.79 Å². The molecule has 4 nitrogen and oxygen atoms in total. The fourth-order valence-corrected chi connectivity index (χ4v) is 3.08. The molecule has 0 aromatic heterocycles. The van der Waals surface area contributed by atoms with Crippen LogP contribution in [0.2, 0.25) is 0 Å². The van der Waals surface area contributed by atoms with E-state index in [1.165, 1.54) is 12.8 Å². The van der Waals surface area contributed by atoms with E-state index in [2.05, 4.69) is 18.9 Å². The fraction of sp³-hybridized carbons (Fsp3) is 0.923. The maximum Gasteiger partial charge on any atom is 0.410 e. The van der Waals surface area contributed by atoms with Gasteiger partial charge < -0.3 is 14.5 Å². The highest BCUT2D eigenvalue weighted by Crippen LogP contribution is 2.39. The zero-order chi connectivity index (χ0) is 12.5. The first-order valence-corrected chi connectivity index (χ1v) is 6.73. The summed E-state index contributed by atoms with van der Waals surface area (Å²) in [5.74, 6) is 0. The van der Waals surface area contributed by atoms with Crippen LogP contribution in [0.25, 0.3) is 0 Å². The van der Waals surface area contributed by atoms with Gasteiger partial charge in [0.1, 0.15) is 5.60 Å². The molecule has 2 rings (SSSR count). The first-order chi connectivity index (χ1) is 8.09. The van der Waals surface area contributed by atoms with Gasteiger partial charge in [-0.15, -0.1) is 0 Å². The van der Waals surface area contributed by atoms with Crippen molar-refractivity contribution >= 4 is 6.09 Å². The minimum absolute atomic E-state index is 0.129. The number of nitrogens with zero attached hydrogens (tertiary/aromatic N) is 2. The maximum atomic E-state index is 11.8. The second-order valence-corrected chi connectivity index (χ2v) is 5.50. The molecule has 1 atom stereocenters. The normalized spacial score (nSPS) is 28.8. The summed E-state index contributed by atoms with van der Waals surface area (Å²) in [7, 11) is 4.02. The molecule has 1 amide bonds. The molecular formula is C13H24N2O2. The monoisotopic (exact) mass is 240 g/mol. The summed E-state index contributed by atoms with van der Waals surface area (Å²) in [6.07, 6.45) is 5.25. The lowest BCUT2D eigenvalue weighted by molar-refractivity contribution is -0.0179. The van der Waals surface area contributed by atoms with Gasteiger partial charge in [-0.1, -0.05) is 19.8 Å². The third-order valence-corrected chi connectivity index (χ3v) is 4.32. The van der Waals surface area contributed by atoms with Crippen LogP contribution in [0.15, 0.2) is 0 Å². The molecule has 0 unspecified atom stereocenters. The Bertz CT molecular complexity index is 285. The maximum absolute atomic E-state index is 11.8. The molecule has 2 heterocycles. The summed E-state index contributed by atoms with van der Waals surface area (Å²) < 4.78 is 5.72. The summed E-state index contributed by atoms with van der Waals surface area (Å²) in [6, 6.07) is 0.281. The average molecular weight is 240 g/mol. The summed E-state index contributed by atoms with van der Waals surface area (Å²) in [4.78, 5) is 15.9. The SMILES string of the molecule is CCCC[C@H]1N(C)C(=O)OC12CCN(C)CC2. The summed E-state index contributed by atoms with van der Waals surface area (Å²) in [5.41, 5.74) is -0.201. The van der Waals surface area contributed by atoms with Crippen molar-refractivity contribution in [2.24, 2.45) is 0 Å². The Morgan fingerprint density at radius 3 is 2.59 bits per heavy atom. The lowest BCUT2D eigenvalue weighted by Gasteiger charge is -2.40. The Labute approximate surface area is 104 Å². The van der Waals surface area contributed by atoms with E-state index >= 15 is 0 Å². The Kier molecular flexibility index (Phi) is 3.61. The van der Waals surface area contributed by atoms with Crippen molar-refractivity contribution in [3.05, 3.63) is 0 Å². The Morgan fingerprint density at radius 1 is 1.35 bits per heavy atom. The zero-order valence-corrected chi connectivity index (χ0v) is 11.2. The van der Waals surface area contributed by atoms with Gasteiger partial charge in [-0.2, -0.15) is 0 Å². The zero-order valence-electron chi connectivity index (χ0n) is 11.2. The predicted molar refractivity (Wildman–Crippen MR) is 67.0 cm³/mol. The van der Waals surface area contributed by atoms with Gasteiger partial charge >= 0.3 is 6.09 Å². The highest BCUT2D eigenvalue weighted by Gasteiger charge is 2.52. The van der Waals surface area contributed by atoms with Gasteiger partial charge in [0, 0.05) is 33.0 Å². The molecular weight excluding hydrogens is 216 g/mol. The van der Waals surface area contributed by atoms with Gasteiger partial charge in [-0.3, -0.25) is 0 Å². The van der Waals surface area contributed by atoms with Crippen molar-refractivity contribution in [3.63, 3.8) is 0 Å². The van der Waals surface area contributed by atoms with Gasteiger partial charge in [0.05, 0.1) is 6.04 Å². The van der Waals surface area contributed by atoms with Crippen molar-refractivity contribution < 1.29 is 9.53 Å². The number of hydrogen-bond acceptors (Lipinski definition) is 3. The molecule has 98 valence electrons. The van der Waals surface area contributed by atoms with Crippen LogP contribution in [-0.2, 0) is 4.74 Å². The summed E-state index contributed by atoms with van der Waals surface area (Å²) in [5, 5.41) is 0. The van der Waals surface area contributed by atoms with Crippen LogP contribution in [0, 0.1) is 0 Å². The quantitative estimate of drug-likeness (QED) is 0.757. The summed E-state index contributed by atoms with van der Waals surface area (Å²) >= 11 is 0. The van der Waals surface area contributed by atoms with Gasteiger partial charge in [0.15, 0.2) is 0 Å². The van der Waals surface area contributed by atoms with Gasteiger partial charge in [0.25, 0.3) is 0 Å². The van der Waals surface area contributed by atoms with Crippen molar-refractivity contribution in [1.29, 1.82) is 0 Å². The van der Waals surface area contributed by atoms with Crippen LogP contribution in [0.3, 0.4) is 0 Å². The number of carbonyl (C=O) groups is 1. The van der Waals surface area contributed by atoms with Crippen LogP contribution in [0.1, 0.15) is 39.0 Å². The standard InChI is InChI=1S/C13H24N2O2/c1-4-5-6-11-13(17-12(16)15(11)3)7-9-14(2)10-8-13/h11H,4-10H2,1-3H3/t11-/m1/s1. The Hall–Kier alpha value is -0.770. The molecule has 0 aliphatic carbocycles. The molecule has 0 aromatic rings. The second kappa shape index (κ2) is 4.84. The first kappa shape index (κ1) is 12.7. The predicted octanol–water partition coefficient (Wildman–Crippen LogP) is 2.09. The Balaban J connectivity index is 2.10. The smallest absolute Gasteiger partial charge is 0.410 e. The molecule has 4 heteroatoms. The second-order valence-electron chi connectivity index (χ2n) is 5.50. The van der Waals surface area contributed by atoms with Gasteiger partial charge in [-0.05, 0) is 13.5 Å². The molecule has 1 spiro atoms. The number of likely N-dealkylation sites (N-methyl/N-ethyl adjacent to an activating group) is 1. The number of rotatable bonds is 3. The van der Waals surface area contributed by atoms with Crippen LogP contribution >= 0.6 is 0 Å². The number of ether oxygens (including phenoxy) is 1. The van der Waals surface area contributed by atoms with Crippen molar-refractivity contribution in [1.82, 2.24) is 9.80 Å². The van der Waals surface area contributed by atoms with E-state index in [0.29, 0.717) is 0 Å². The highest BCUT2D eigenvalue weighted by molar-refractivity contribution is 5.71. The number of likely N-dealkylation sites (tertiary alicyclic amines) is 1. The van der Waals surface area contributed by atoms with E-state index < -0.39 is 0 Å². The third-order valence-electron chi connectivity index (χ3n) is 4.32.